The SMILES string of the molecule is Oc1ccc2c(c1)-c1ccccc1[S+](Cl)O2. The first-order valence-electron chi connectivity index (χ1n) is 4.77. The smallest absolute Gasteiger partial charge is 0.351 e. The lowest BCUT2D eigenvalue weighted by Crippen LogP contribution is -2.10. The highest BCUT2D eigenvalue weighted by atomic mass is 35.7. The predicted molar refractivity (Wildman–Crippen MR) is 65.7 cm³/mol. The lowest BCUT2D eigenvalue weighted by molar-refractivity contribution is 0.474. The predicted octanol–water partition coefficient (Wildman–Crippen LogP) is 3.50. The van der Waals surface area contributed by atoms with Crippen molar-refractivity contribution in [3.63, 3.8) is 0 Å². The Balaban J connectivity index is 2.29. The molecule has 0 radical (unpaired) electrons. The van der Waals surface area contributed by atoms with Crippen molar-refractivity contribution >= 4 is 21.1 Å². The van der Waals surface area contributed by atoms with E-state index in [4.69, 9.17) is 14.9 Å². The first-order chi connectivity index (χ1) is 7.75. The minimum atomic E-state index is -0.743. The third-order valence-corrected chi connectivity index (χ3v) is 4.19. The first-order valence-corrected chi connectivity index (χ1v) is 6.74. The molecule has 1 heterocycles. The zero-order valence-electron chi connectivity index (χ0n) is 8.18. The van der Waals surface area contributed by atoms with Gasteiger partial charge < -0.3 is 5.11 Å². The number of phenols is 1. The molecule has 0 bridgehead atoms. The summed E-state index contributed by atoms with van der Waals surface area (Å²) < 4.78 is 5.60. The Bertz CT molecular complexity index is 556. The van der Waals surface area contributed by atoms with Gasteiger partial charge in [0.05, 0.1) is 0 Å². The van der Waals surface area contributed by atoms with Gasteiger partial charge in [-0.1, -0.05) is 12.1 Å². The van der Waals surface area contributed by atoms with Crippen LogP contribution in [-0.4, -0.2) is 5.11 Å². The summed E-state index contributed by atoms with van der Waals surface area (Å²) in [6, 6.07) is 12.8. The molecule has 2 aromatic rings. The topological polar surface area (TPSA) is 29.5 Å². The van der Waals surface area contributed by atoms with Crippen molar-refractivity contribution in [1.82, 2.24) is 0 Å². The second kappa shape index (κ2) is 3.61. The number of benzene rings is 2. The molecule has 0 saturated carbocycles. The largest absolute Gasteiger partial charge is 0.508 e. The summed E-state index contributed by atoms with van der Waals surface area (Å²) in [5.41, 5.74) is 1.91. The fourth-order valence-corrected chi connectivity index (χ4v) is 3.29. The first kappa shape index (κ1) is 9.87. The summed E-state index contributed by atoms with van der Waals surface area (Å²) in [4.78, 5) is 0.960. The molecule has 0 spiro atoms. The normalized spacial score (nSPS) is 17.2. The average molecular weight is 252 g/mol. The van der Waals surface area contributed by atoms with Crippen LogP contribution in [0.5, 0.6) is 11.5 Å². The Hall–Kier alpha value is -1.32. The van der Waals surface area contributed by atoms with E-state index in [1.165, 1.54) is 0 Å². The van der Waals surface area contributed by atoms with E-state index in [0.29, 0.717) is 0 Å². The second-order valence-corrected chi connectivity index (χ2v) is 5.38. The fraction of sp³-hybridized carbons (Fsp3) is 0. The van der Waals surface area contributed by atoms with Crippen LogP contribution in [0.4, 0.5) is 0 Å². The van der Waals surface area contributed by atoms with Crippen molar-refractivity contribution in [2.24, 2.45) is 0 Å². The zero-order valence-corrected chi connectivity index (χ0v) is 9.76. The number of aromatic hydroxyl groups is 1. The molecular weight excluding hydrogens is 244 g/mol. The molecule has 3 rings (SSSR count). The van der Waals surface area contributed by atoms with Crippen molar-refractivity contribution < 1.29 is 9.29 Å². The summed E-state index contributed by atoms with van der Waals surface area (Å²) in [5, 5.41) is 9.49. The number of fused-ring (bicyclic) bond motifs is 3. The number of phenolic OH excluding ortho intramolecular Hbond substituents is 1. The van der Waals surface area contributed by atoms with Gasteiger partial charge in [0.25, 0.3) is 0 Å². The van der Waals surface area contributed by atoms with Gasteiger partial charge in [-0.25, -0.2) is 0 Å². The van der Waals surface area contributed by atoms with Gasteiger partial charge in [0.2, 0.25) is 15.6 Å². The van der Waals surface area contributed by atoms with Crippen molar-refractivity contribution in [2.45, 2.75) is 4.90 Å². The molecule has 1 aliphatic heterocycles. The fourth-order valence-electron chi connectivity index (χ4n) is 1.75. The Labute approximate surface area is 100 Å². The number of halogens is 1. The van der Waals surface area contributed by atoms with Crippen molar-refractivity contribution in [1.29, 1.82) is 0 Å². The molecule has 1 N–H and O–H groups in total. The molecule has 80 valence electrons. The zero-order chi connectivity index (χ0) is 11.1. The van der Waals surface area contributed by atoms with Crippen LogP contribution in [0.25, 0.3) is 11.1 Å². The van der Waals surface area contributed by atoms with Gasteiger partial charge in [-0.15, -0.1) is 0 Å². The molecule has 1 unspecified atom stereocenters. The van der Waals surface area contributed by atoms with Gasteiger partial charge in [-0.2, -0.15) is 0 Å². The van der Waals surface area contributed by atoms with Crippen molar-refractivity contribution in [3.8, 4) is 22.6 Å². The van der Waals surface area contributed by atoms with E-state index >= 15 is 0 Å². The molecule has 1 atom stereocenters. The van der Waals surface area contributed by atoms with Gasteiger partial charge in [0.15, 0.2) is 5.75 Å². The van der Waals surface area contributed by atoms with Crippen LogP contribution in [0.2, 0.25) is 0 Å². The van der Waals surface area contributed by atoms with Crippen LogP contribution >= 0.6 is 10.7 Å². The highest BCUT2D eigenvalue weighted by molar-refractivity contribution is 8.15. The van der Waals surface area contributed by atoms with Crippen molar-refractivity contribution in [3.05, 3.63) is 42.5 Å². The van der Waals surface area contributed by atoms with Gasteiger partial charge in [0, 0.05) is 17.2 Å². The van der Waals surface area contributed by atoms with E-state index in [-0.39, 0.29) is 5.75 Å². The van der Waals surface area contributed by atoms with Crippen LogP contribution in [0, 0.1) is 0 Å². The van der Waals surface area contributed by atoms with Gasteiger partial charge in [-0.05, 0) is 24.3 Å². The van der Waals surface area contributed by atoms with Gasteiger partial charge >= 0.3 is 10.4 Å². The Morgan fingerprint density at radius 3 is 2.75 bits per heavy atom. The van der Waals surface area contributed by atoms with Gasteiger partial charge in [-0.3, -0.25) is 4.18 Å². The highest BCUT2D eigenvalue weighted by Crippen LogP contribution is 2.43. The molecule has 4 heteroatoms. The third-order valence-electron chi connectivity index (χ3n) is 2.48. The van der Waals surface area contributed by atoms with Crippen LogP contribution < -0.4 is 4.18 Å². The van der Waals surface area contributed by atoms with Crippen molar-refractivity contribution in [2.75, 3.05) is 0 Å². The highest BCUT2D eigenvalue weighted by Gasteiger charge is 2.35. The number of hydrogen-bond acceptors (Lipinski definition) is 2. The summed E-state index contributed by atoms with van der Waals surface area (Å²) in [6.07, 6.45) is 0. The van der Waals surface area contributed by atoms with Crippen LogP contribution in [-0.2, 0) is 10.4 Å². The maximum absolute atomic E-state index is 9.49. The Kier molecular flexibility index (Phi) is 2.23. The third kappa shape index (κ3) is 1.44. The summed E-state index contributed by atoms with van der Waals surface area (Å²) >= 11 is 0. The minimum Gasteiger partial charge on any atom is -0.508 e. The molecule has 0 aliphatic carbocycles. The van der Waals surface area contributed by atoms with Gasteiger partial charge in [0.1, 0.15) is 5.75 Å². The molecule has 16 heavy (non-hydrogen) atoms. The lowest BCUT2D eigenvalue weighted by Gasteiger charge is -2.14. The monoisotopic (exact) mass is 251 g/mol. The number of rotatable bonds is 0. The molecule has 1 aliphatic rings. The average Bonchev–Trinajstić information content (AvgIpc) is 2.31. The number of hydrogen-bond donors (Lipinski definition) is 1. The summed E-state index contributed by atoms with van der Waals surface area (Å²) in [6.45, 7) is 0. The van der Waals surface area contributed by atoms with E-state index in [2.05, 4.69) is 0 Å². The molecule has 0 fully saturated rings. The molecule has 0 saturated heterocycles. The van der Waals surface area contributed by atoms with E-state index in [1.54, 1.807) is 18.2 Å². The maximum atomic E-state index is 9.49. The van der Waals surface area contributed by atoms with Crippen LogP contribution in [0.3, 0.4) is 0 Å². The van der Waals surface area contributed by atoms with E-state index < -0.39 is 10.4 Å². The van der Waals surface area contributed by atoms with Crippen LogP contribution in [0.15, 0.2) is 47.4 Å². The molecule has 2 nitrogen and oxygen atoms in total. The Morgan fingerprint density at radius 2 is 1.88 bits per heavy atom. The molecule has 0 aromatic heterocycles. The van der Waals surface area contributed by atoms with E-state index in [9.17, 15) is 5.11 Å². The summed E-state index contributed by atoms with van der Waals surface area (Å²) in [7, 11) is 5.42. The van der Waals surface area contributed by atoms with E-state index in [0.717, 1.165) is 21.8 Å². The van der Waals surface area contributed by atoms with Crippen LogP contribution in [0.1, 0.15) is 0 Å². The Morgan fingerprint density at radius 1 is 1.06 bits per heavy atom. The minimum absolute atomic E-state index is 0.230. The molecular formula is C12H8ClO2S+. The van der Waals surface area contributed by atoms with E-state index in [1.807, 2.05) is 24.3 Å². The second-order valence-electron chi connectivity index (χ2n) is 3.48. The molecule has 2 aromatic carbocycles. The standard InChI is InChI=1S/C12H7ClO2S/c13-16-12-4-2-1-3-9(12)10-7-8(14)5-6-11(10)15-16/h1-7H/p+1. The summed E-state index contributed by atoms with van der Waals surface area (Å²) in [5.74, 6) is 0.948. The maximum Gasteiger partial charge on any atom is 0.351 e. The quantitative estimate of drug-likeness (QED) is 0.727. The lowest BCUT2D eigenvalue weighted by atomic mass is 10.0. The molecule has 0 amide bonds.